The molecule has 2 heteroatoms. The average Bonchev–Trinajstić information content (AvgIpc) is 2.01. The normalized spacial score (nSPS) is 34.1. The van der Waals surface area contributed by atoms with Crippen LogP contribution < -0.4 is 5.32 Å². The van der Waals surface area contributed by atoms with Gasteiger partial charge >= 0.3 is 0 Å². The Hall–Kier alpha value is 0.310. The smallest absolute Gasteiger partial charge is 0.0224 e. The lowest BCUT2D eigenvalue weighted by Gasteiger charge is -2.39. The Morgan fingerprint density at radius 2 is 1.93 bits per heavy atom. The highest BCUT2D eigenvalue weighted by Gasteiger charge is 2.30. The van der Waals surface area contributed by atoms with Gasteiger partial charge in [0.25, 0.3) is 0 Å². The summed E-state index contributed by atoms with van der Waals surface area (Å²) in [4.78, 5) is 0. The first-order chi connectivity index (χ1) is 6.50. The molecule has 0 aromatic heterocycles. The van der Waals surface area contributed by atoms with E-state index in [1.54, 1.807) is 0 Å². The third kappa shape index (κ3) is 3.47. The van der Waals surface area contributed by atoms with Gasteiger partial charge in [-0.1, -0.05) is 27.7 Å². The van der Waals surface area contributed by atoms with Crippen LogP contribution in [0.15, 0.2) is 0 Å². The summed E-state index contributed by atoms with van der Waals surface area (Å²) in [5.74, 6) is 2.88. The topological polar surface area (TPSA) is 12.0 Å². The zero-order valence-electron chi connectivity index (χ0n) is 10.2. The number of nitrogens with one attached hydrogen (secondary N) is 1. The molecular formula is C12H25NS. The Balaban J connectivity index is 2.54. The van der Waals surface area contributed by atoms with Gasteiger partial charge in [0.15, 0.2) is 0 Å². The molecule has 0 saturated carbocycles. The minimum atomic E-state index is 0.693. The van der Waals surface area contributed by atoms with E-state index in [0.29, 0.717) is 6.04 Å². The van der Waals surface area contributed by atoms with Gasteiger partial charge in [0.2, 0.25) is 0 Å². The first-order valence-electron chi connectivity index (χ1n) is 5.88. The van der Waals surface area contributed by atoms with Crippen LogP contribution in [0.1, 0.15) is 41.0 Å². The first kappa shape index (κ1) is 12.4. The van der Waals surface area contributed by atoms with E-state index < -0.39 is 0 Å². The summed E-state index contributed by atoms with van der Waals surface area (Å²) in [5, 5.41) is 4.57. The molecule has 0 aliphatic carbocycles. The van der Waals surface area contributed by atoms with Gasteiger partial charge in [-0.25, -0.2) is 0 Å². The summed E-state index contributed by atoms with van der Waals surface area (Å²) in [6, 6.07) is 1.42. The summed E-state index contributed by atoms with van der Waals surface area (Å²) < 4.78 is 0. The molecule has 1 heterocycles. The molecule has 1 fully saturated rings. The molecule has 1 N–H and O–H groups in total. The Labute approximate surface area is 93.4 Å². The van der Waals surface area contributed by atoms with Crippen molar-refractivity contribution >= 4 is 11.8 Å². The maximum Gasteiger partial charge on any atom is 0.0224 e. The summed E-state index contributed by atoms with van der Waals surface area (Å²) in [6.45, 7) is 11.6. The van der Waals surface area contributed by atoms with Crippen molar-refractivity contribution in [1.29, 1.82) is 0 Å². The second-order valence-electron chi connectivity index (χ2n) is 5.35. The molecule has 3 atom stereocenters. The summed E-state index contributed by atoms with van der Waals surface area (Å²) in [6.07, 6.45) is 1.32. The molecule has 1 aliphatic rings. The molecule has 0 amide bonds. The van der Waals surface area contributed by atoms with E-state index in [9.17, 15) is 0 Å². The van der Waals surface area contributed by atoms with Crippen molar-refractivity contribution in [2.24, 2.45) is 11.8 Å². The second kappa shape index (κ2) is 5.41. The average molecular weight is 215 g/mol. The van der Waals surface area contributed by atoms with E-state index in [4.69, 9.17) is 0 Å². The SMILES string of the molecule is CC(C)CC1NC(C)CSC1C(C)C. The quantitative estimate of drug-likeness (QED) is 0.776. The monoisotopic (exact) mass is 215 g/mol. The Kier molecular flexibility index (Phi) is 4.78. The van der Waals surface area contributed by atoms with Gasteiger partial charge < -0.3 is 5.32 Å². The van der Waals surface area contributed by atoms with Crippen molar-refractivity contribution < 1.29 is 0 Å². The van der Waals surface area contributed by atoms with Crippen LogP contribution in [0.4, 0.5) is 0 Å². The molecule has 14 heavy (non-hydrogen) atoms. The van der Waals surface area contributed by atoms with Crippen LogP contribution in [0, 0.1) is 11.8 Å². The van der Waals surface area contributed by atoms with Gasteiger partial charge in [0.05, 0.1) is 0 Å². The zero-order valence-corrected chi connectivity index (χ0v) is 11.0. The van der Waals surface area contributed by atoms with Crippen molar-refractivity contribution in [3.63, 3.8) is 0 Å². The van der Waals surface area contributed by atoms with Crippen LogP contribution in [-0.2, 0) is 0 Å². The van der Waals surface area contributed by atoms with Crippen LogP contribution in [0.25, 0.3) is 0 Å². The number of hydrogen-bond donors (Lipinski definition) is 1. The van der Waals surface area contributed by atoms with Crippen LogP contribution in [0.2, 0.25) is 0 Å². The fourth-order valence-electron chi connectivity index (χ4n) is 2.25. The third-order valence-electron chi connectivity index (χ3n) is 2.82. The van der Waals surface area contributed by atoms with E-state index in [2.05, 4.69) is 51.7 Å². The van der Waals surface area contributed by atoms with E-state index in [1.807, 2.05) is 0 Å². The molecule has 84 valence electrons. The maximum absolute atomic E-state index is 3.76. The zero-order chi connectivity index (χ0) is 10.7. The molecule has 0 bridgehead atoms. The molecular weight excluding hydrogens is 190 g/mol. The first-order valence-corrected chi connectivity index (χ1v) is 6.93. The van der Waals surface area contributed by atoms with Gasteiger partial charge in [0.1, 0.15) is 0 Å². The Morgan fingerprint density at radius 3 is 2.43 bits per heavy atom. The lowest BCUT2D eigenvalue weighted by molar-refractivity contribution is 0.340. The summed E-state index contributed by atoms with van der Waals surface area (Å²) >= 11 is 2.17. The van der Waals surface area contributed by atoms with E-state index in [-0.39, 0.29) is 0 Å². The van der Waals surface area contributed by atoms with Crippen molar-refractivity contribution in [2.75, 3.05) is 5.75 Å². The molecule has 0 aromatic carbocycles. The van der Waals surface area contributed by atoms with E-state index >= 15 is 0 Å². The molecule has 1 aliphatic heterocycles. The van der Waals surface area contributed by atoms with Gasteiger partial charge in [0, 0.05) is 23.1 Å². The molecule has 3 unspecified atom stereocenters. The van der Waals surface area contributed by atoms with Gasteiger partial charge in [-0.3, -0.25) is 0 Å². The second-order valence-corrected chi connectivity index (χ2v) is 6.56. The van der Waals surface area contributed by atoms with E-state index in [0.717, 1.165) is 23.1 Å². The summed E-state index contributed by atoms with van der Waals surface area (Å²) in [7, 11) is 0. The third-order valence-corrected chi connectivity index (χ3v) is 4.77. The standard InChI is InChI=1S/C12H25NS/c1-8(2)6-11-12(9(3)4)14-7-10(5)13-11/h8-13H,6-7H2,1-5H3. The Bertz CT molecular complexity index is 166. The highest BCUT2D eigenvalue weighted by Crippen LogP contribution is 2.30. The lowest BCUT2D eigenvalue weighted by Crippen LogP contribution is -2.51. The lowest BCUT2D eigenvalue weighted by atomic mass is 9.94. The highest BCUT2D eigenvalue weighted by atomic mass is 32.2. The van der Waals surface area contributed by atoms with Crippen LogP contribution >= 0.6 is 11.8 Å². The molecule has 1 saturated heterocycles. The number of hydrogen-bond acceptors (Lipinski definition) is 2. The maximum atomic E-state index is 3.76. The van der Waals surface area contributed by atoms with Crippen molar-refractivity contribution in [2.45, 2.75) is 58.4 Å². The fourth-order valence-corrected chi connectivity index (χ4v) is 3.66. The van der Waals surface area contributed by atoms with Crippen molar-refractivity contribution in [1.82, 2.24) is 5.32 Å². The number of rotatable bonds is 3. The summed E-state index contributed by atoms with van der Waals surface area (Å²) in [5.41, 5.74) is 0. The number of thioether (sulfide) groups is 1. The Morgan fingerprint density at radius 1 is 1.29 bits per heavy atom. The minimum absolute atomic E-state index is 0.693. The predicted octanol–water partition coefficient (Wildman–Crippen LogP) is 3.15. The van der Waals surface area contributed by atoms with Crippen molar-refractivity contribution in [3.05, 3.63) is 0 Å². The van der Waals surface area contributed by atoms with Crippen LogP contribution in [0.3, 0.4) is 0 Å². The molecule has 0 radical (unpaired) electrons. The highest BCUT2D eigenvalue weighted by molar-refractivity contribution is 8.00. The predicted molar refractivity (Wildman–Crippen MR) is 66.9 cm³/mol. The minimum Gasteiger partial charge on any atom is -0.310 e. The van der Waals surface area contributed by atoms with Crippen LogP contribution in [0.5, 0.6) is 0 Å². The van der Waals surface area contributed by atoms with E-state index in [1.165, 1.54) is 12.2 Å². The van der Waals surface area contributed by atoms with Gasteiger partial charge in [-0.2, -0.15) is 11.8 Å². The van der Waals surface area contributed by atoms with Gasteiger partial charge in [-0.15, -0.1) is 0 Å². The molecule has 0 spiro atoms. The van der Waals surface area contributed by atoms with Crippen LogP contribution in [-0.4, -0.2) is 23.1 Å². The fraction of sp³-hybridized carbons (Fsp3) is 1.00. The molecule has 1 nitrogen and oxygen atoms in total. The molecule has 0 aromatic rings. The van der Waals surface area contributed by atoms with Gasteiger partial charge in [-0.05, 0) is 25.2 Å². The molecule has 1 rings (SSSR count). The van der Waals surface area contributed by atoms with Crippen molar-refractivity contribution in [3.8, 4) is 0 Å². The largest absolute Gasteiger partial charge is 0.310 e.